The zero-order valence-corrected chi connectivity index (χ0v) is 15.9. The van der Waals surface area contributed by atoms with E-state index >= 15 is 0 Å². The van der Waals surface area contributed by atoms with E-state index < -0.39 is 33.0 Å². The fraction of sp³-hybridized carbons (Fsp3) is 0.375. The van der Waals surface area contributed by atoms with Crippen molar-refractivity contribution >= 4 is 34.6 Å². The van der Waals surface area contributed by atoms with E-state index in [2.05, 4.69) is 10.4 Å². The third-order valence-electron chi connectivity index (χ3n) is 4.20. The highest BCUT2D eigenvalue weighted by molar-refractivity contribution is 6.31. The van der Waals surface area contributed by atoms with Crippen molar-refractivity contribution in [1.29, 1.82) is 0 Å². The van der Waals surface area contributed by atoms with E-state index in [1.165, 1.54) is 6.92 Å². The summed E-state index contributed by atoms with van der Waals surface area (Å²) in [5.41, 5.74) is 0.410. The molecule has 1 N–H and O–H groups in total. The number of rotatable bonds is 6. The second kappa shape index (κ2) is 7.70. The number of nitro groups is 2. The zero-order valence-electron chi connectivity index (χ0n) is 15.1. The minimum Gasteiger partial charge on any atom is -0.325 e. The van der Waals surface area contributed by atoms with Gasteiger partial charge in [-0.2, -0.15) is 5.10 Å². The van der Waals surface area contributed by atoms with E-state index in [1.807, 2.05) is 0 Å². The minimum absolute atomic E-state index is 0.0118. The molecule has 0 saturated carbocycles. The Morgan fingerprint density at radius 3 is 2.15 bits per heavy atom. The molecule has 2 rings (SSSR count). The lowest BCUT2D eigenvalue weighted by Gasteiger charge is -2.14. The quantitative estimate of drug-likeness (QED) is 0.587. The van der Waals surface area contributed by atoms with Gasteiger partial charge in [-0.15, -0.1) is 0 Å². The summed E-state index contributed by atoms with van der Waals surface area (Å²) >= 11 is 6.09. The molecule has 1 aromatic heterocycles. The Morgan fingerprint density at radius 1 is 1.22 bits per heavy atom. The first kappa shape index (κ1) is 20.3. The molecule has 2 aromatic rings. The third kappa shape index (κ3) is 4.22. The van der Waals surface area contributed by atoms with E-state index in [0.29, 0.717) is 10.7 Å². The van der Waals surface area contributed by atoms with Crippen LogP contribution < -0.4 is 5.32 Å². The Bertz CT molecular complexity index is 905. The zero-order chi connectivity index (χ0) is 20.5. The van der Waals surface area contributed by atoms with Gasteiger partial charge >= 0.3 is 0 Å². The number of carbonyl (C=O) groups is 1. The highest BCUT2D eigenvalue weighted by atomic mass is 35.5. The van der Waals surface area contributed by atoms with E-state index in [4.69, 9.17) is 11.6 Å². The van der Waals surface area contributed by atoms with Crippen molar-refractivity contribution in [3.8, 4) is 0 Å². The Labute approximate surface area is 159 Å². The molecule has 0 aliphatic carbocycles. The number of aryl methyl sites for hydroxylation is 1. The van der Waals surface area contributed by atoms with Gasteiger partial charge in [0.05, 0.1) is 44.4 Å². The Hall–Kier alpha value is -3.01. The van der Waals surface area contributed by atoms with Gasteiger partial charge in [0.15, 0.2) is 0 Å². The predicted molar refractivity (Wildman–Crippen MR) is 99.0 cm³/mol. The molecule has 0 bridgehead atoms. The molecule has 0 radical (unpaired) electrons. The fourth-order valence-electron chi connectivity index (χ4n) is 2.60. The first-order valence-corrected chi connectivity index (χ1v) is 8.34. The SMILES string of the molecule is Cc1nn(CC(C)C(=O)Nc2cc([N+](=O)[O-])c(C)c([N+](=O)[O-])c2)c(C)c1Cl. The maximum atomic E-state index is 12.4. The molecule has 1 aromatic carbocycles. The number of nitro benzene ring substituents is 2. The summed E-state index contributed by atoms with van der Waals surface area (Å²) < 4.78 is 1.60. The molecule has 144 valence electrons. The molecule has 0 fully saturated rings. The normalized spacial score (nSPS) is 11.9. The summed E-state index contributed by atoms with van der Waals surface area (Å²) in [5.74, 6) is -1.01. The van der Waals surface area contributed by atoms with Gasteiger partial charge in [0.2, 0.25) is 5.91 Å². The van der Waals surface area contributed by atoms with Crippen LogP contribution in [0.5, 0.6) is 0 Å². The van der Waals surface area contributed by atoms with E-state index in [0.717, 1.165) is 17.8 Å². The molecule has 1 unspecified atom stereocenters. The van der Waals surface area contributed by atoms with Crippen molar-refractivity contribution in [2.45, 2.75) is 34.2 Å². The van der Waals surface area contributed by atoms with Crippen LogP contribution in [-0.2, 0) is 11.3 Å². The monoisotopic (exact) mass is 395 g/mol. The summed E-state index contributed by atoms with van der Waals surface area (Å²) in [4.78, 5) is 33.3. The average molecular weight is 396 g/mol. The Morgan fingerprint density at radius 2 is 1.74 bits per heavy atom. The number of hydrogen-bond donors (Lipinski definition) is 1. The van der Waals surface area contributed by atoms with Crippen molar-refractivity contribution in [3.63, 3.8) is 0 Å². The Balaban J connectivity index is 2.25. The van der Waals surface area contributed by atoms with Crippen molar-refractivity contribution in [3.05, 3.63) is 54.3 Å². The van der Waals surface area contributed by atoms with Gasteiger partial charge in [-0.3, -0.25) is 29.7 Å². The van der Waals surface area contributed by atoms with Crippen LogP contribution in [0, 0.1) is 46.9 Å². The summed E-state index contributed by atoms with van der Waals surface area (Å²) in [5, 5.41) is 29.5. The number of nitrogens with one attached hydrogen (secondary N) is 1. The van der Waals surface area contributed by atoms with E-state index in [-0.39, 0.29) is 17.8 Å². The lowest BCUT2D eigenvalue weighted by atomic mass is 10.1. The highest BCUT2D eigenvalue weighted by Crippen LogP contribution is 2.32. The number of halogens is 1. The minimum atomic E-state index is -0.723. The molecule has 11 heteroatoms. The van der Waals surface area contributed by atoms with Crippen LogP contribution in [-0.4, -0.2) is 25.5 Å². The smallest absolute Gasteiger partial charge is 0.281 e. The van der Waals surface area contributed by atoms with Crippen molar-refractivity contribution in [2.24, 2.45) is 5.92 Å². The molecule has 1 atom stereocenters. The van der Waals surface area contributed by atoms with E-state index in [1.54, 1.807) is 25.5 Å². The van der Waals surface area contributed by atoms with Gasteiger partial charge < -0.3 is 5.32 Å². The van der Waals surface area contributed by atoms with Crippen LogP contribution in [0.25, 0.3) is 0 Å². The molecule has 1 heterocycles. The summed E-state index contributed by atoms with van der Waals surface area (Å²) in [6, 6.07) is 2.21. The van der Waals surface area contributed by atoms with Crippen LogP contribution in [0.15, 0.2) is 12.1 Å². The highest BCUT2D eigenvalue weighted by Gasteiger charge is 2.25. The third-order valence-corrected chi connectivity index (χ3v) is 4.75. The standard InChI is InChI=1S/C16H18ClN5O5/c1-8(7-20-11(4)15(17)10(3)19-20)16(23)18-12-5-13(21(24)25)9(2)14(6-12)22(26)27/h5-6,8H,7H2,1-4H3,(H,18,23). The molecule has 10 nitrogen and oxygen atoms in total. The topological polar surface area (TPSA) is 133 Å². The summed E-state index contributed by atoms with van der Waals surface area (Å²) in [6.45, 7) is 6.70. The van der Waals surface area contributed by atoms with Gasteiger partial charge in [-0.25, -0.2) is 0 Å². The van der Waals surface area contributed by atoms with Gasteiger partial charge in [0, 0.05) is 12.1 Å². The molecule has 0 saturated heterocycles. The molecule has 0 aliphatic heterocycles. The molecule has 0 aliphatic rings. The number of carbonyl (C=O) groups excluding carboxylic acids is 1. The maximum absolute atomic E-state index is 12.4. The predicted octanol–water partition coefficient (Wildman–Crippen LogP) is 3.55. The number of nitrogens with zero attached hydrogens (tertiary/aromatic N) is 4. The van der Waals surface area contributed by atoms with Crippen LogP contribution >= 0.6 is 11.6 Å². The summed E-state index contributed by atoms with van der Waals surface area (Å²) in [7, 11) is 0. The van der Waals surface area contributed by atoms with Crippen LogP contribution in [0.1, 0.15) is 23.9 Å². The van der Waals surface area contributed by atoms with Gasteiger partial charge in [-0.05, 0) is 20.8 Å². The summed E-state index contributed by atoms with van der Waals surface area (Å²) in [6.07, 6.45) is 0. The molecule has 0 spiro atoms. The van der Waals surface area contributed by atoms with Gasteiger partial charge in [0.1, 0.15) is 5.56 Å². The lowest BCUT2D eigenvalue weighted by Crippen LogP contribution is -2.25. The van der Waals surface area contributed by atoms with Gasteiger partial charge in [0.25, 0.3) is 11.4 Å². The maximum Gasteiger partial charge on any atom is 0.281 e. The molecular formula is C16H18ClN5O5. The molecule has 1 amide bonds. The Kier molecular flexibility index (Phi) is 5.79. The largest absolute Gasteiger partial charge is 0.325 e. The van der Waals surface area contributed by atoms with Gasteiger partial charge in [-0.1, -0.05) is 18.5 Å². The molecular weight excluding hydrogens is 378 g/mol. The first-order valence-electron chi connectivity index (χ1n) is 7.96. The number of anilines is 1. The second-order valence-corrected chi connectivity index (χ2v) is 6.59. The molecule has 27 heavy (non-hydrogen) atoms. The van der Waals surface area contributed by atoms with Crippen LogP contribution in [0.2, 0.25) is 5.02 Å². The lowest BCUT2D eigenvalue weighted by molar-refractivity contribution is -0.395. The average Bonchev–Trinajstić information content (AvgIpc) is 2.82. The first-order chi connectivity index (χ1) is 12.5. The fourth-order valence-corrected chi connectivity index (χ4v) is 2.73. The number of aromatic nitrogens is 2. The van der Waals surface area contributed by atoms with Crippen molar-refractivity contribution in [1.82, 2.24) is 9.78 Å². The van der Waals surface area contributed by atoms with Crippen molar-refractivity contribution < 1.29 is 14.6 Å². The second-order valence-electron chi connectivity index (χ2n) is 6.21. The number of hydrogen-bond acceptors (Lipinski definition) is 6. The van der Waals surface area contributed by atoms with Crippen LogP contribution in [0.4, 0.5) is 17.1 Å². The van der Waals surface area contributed by atoms with Crippen LogP contribution in [0.3, 0.4) is 0 Å². The number of benzene rings is 1. The van der Waals surface area contributed by atoms with E-state index in [9.17, 15) is 25.0 Å². The van der Waals surface area contributed by atoms with Crippen molar-refractivity contribution in [2.75, 3.05) is 5.32 Å². The number of amides is 1.